The molecule has 0 aromatic carbocycles. The summed E-state index contributed by atoms with van der Waals surface area (Å²) in [6.07, 6.45) is 3.43. The number of nitriles is 1. The topological polar surface area (TPSA) is 41.6 Å². The van der Waals surface area contributed by atoms with Crippen molar-refractivity contribution in [3.05, 3.63) is 29.0 Å². The van der Waals surface area contributed by atoms with Gasteiger partial charge in [0.05, 0.1) is 10.6 Å². The Morgan fingerprint density at radius 2 is 2.12 bits per heavy atom. The number of aromatic nitrogens is 2. The first-order valence-corrected chi connectivity index (χ1v) is 5.38. The lowest BCUT2D eigenvalue weighted by atomic mass is 10.1. The molecule has 0 saturated heterocycles. The largest absolute Gasteiger partial charge is 0.326 e. The third kappa shape index (κ3) is 1.66. The van der Waals surface area contributed by atoms with Crippen LogP contribution in [0.25, 0.3) is 11.0 Å². The fraction of sp³-hybridized carbons (Fsp3) is 0.333. The van der Waals surface area contributed by atoms with Gasteiger partial charge in [0, 0.05) is 23.3 Å². The molecule has 0 atom stereocenters. The van der Waals surface area contributed by atoms with Crippen molar-refractivity contribution in [3.8, 4) is 6.07 Å². The molecule has 2 aromatic rings. The van der Waals surface area contributed by atoms with E-state index >= 15 is 0 Å². The van der Waals surface area contributed by atoms with Crippen molar-refractivity contribution in [1.29, 1.82) is 5.26 Å². The van der Waals surface area contributed by atoms with E-state index in [0.717, 1.165) is 11.0 Å². The lowest BCUT2D eigenvalue weighted by molar-refractivity contribution is 0.408. The summed E-state index contributed by atoms with van der Waals surface area (Å²) in [6, 6.07) is 3.95. The van der Waals surface area contributed by atoms with E-state index in [0.29, 0.717) is 10.6 Å². The van der Waals surface area contributed by atoms with Gasteiger partial charge in [0.2, 0.25) is 0 Å². The molecule has 2 aromatic heterocycles. The van der Waals surface area contributed by atoms with Crippen LogP contribution in [0.3, 0.4) is 0 Å². The SMILES string of the molecule is CC(C)(C)n1cc(C#N)c2cc(Cl)cnc21. The summed E-state index contributed by atoms with van der Waals surface area (Å²) >= 11 is 5.89. The molecule has 82 valence electrons. The number of halogens is 1. The zero-order valence-corrected chi connectivity index (χ0v) is 10.2. The fourth-order valence-electron chi connectivity index (χ4n) is 1.68. The Bertz CT molecular complexity index is 585. The van der Waals surface area contributed by atoms with Crippen LogP contribution in [0, 0.1) is 11.3 Å². The van der Waals surface area contributed by atoms with E-state index in [2.05, 4.69) is 31.8 Å². The van der Waals surface area contributed by atoms with Crippen molar-refractivity contribution in [3.63, 3.8) is 0 Å². The van der Waals surface area contributed by atoms with Crippen molar-refractivity contribution < 1.29 is 0 Å². The maximum absolute atomic E-state index is 9.07. The van der Waals surface area contributed by atoms with Crippen LogP contribution >= 0.6 is 11.6 Å². The summed E-state index contributed by atoms with van der Waals surface area (Å²) in [6.45, 7) is 6.22. The Morgan fingerprint density at radius 1 is 1.44 bits per heavy atom. The third-order valence-electron chi connectivity index (χ3n) is 2.45. The highest BCUT2D eigenvalue weighted by Crippen LogP contribution is 2.27. The fourth-order valence-corrected chi connectivity index (χ4v) is 1.84. The highest BCUT2D eigenvalue weighted by atomic mass is 35.5. The lowest BCUT2D eigenvalue weighted by Crippen LogP contribution is -2.20. The van der Waals surface area contributed by atoms with Crippen LogP contribution in [0.5, 0.6) is 0 Å². The van der Waals surface area contributed by atoms with E-state index in [9.17, 15) is 0 Å². The first-order valence-electron chi connectivity index (χ1n) is 5.00. The first kappa shape index (κ1) is 11.0. The number of rotatable bonds is 0. The van der Waals surface area contributed by atoms with Crippen LogP contribution in [-0.4, -0.2) is 9.55 Å². The zero-order chi connectivity index (χ0) is 11.9. The van der Waals surface area contributed by atoms with Gasteiger partial charge in [0.15, 0.2) is 0 Å². The summed E-state index contributed by atoms with van der Waals surface area (Å²) < 4.78 is 2.00. The van der Waals surface area contributed by atoms with Crippen LogP contribution < -0.4 is 0 Å². The van der Waals surface area contributed by atoms with Crippen molar-refractivity contribution in [2.45, 2.75) is 26.3 Å². The molecule has 3 nitrogen and oxygen atoms in total. The van der Waals surface area contributed by atoms with Gasteiger partial charge >= 0.3 is 0 Å². The van der Waals surface area contributed by atoms with Crippen LogP contribution in [-0.2, 0) is 5.54 Å². The summed E-state index contributed by atoms with van der Waals surface area (Å²) in [5.74, 6) is 0. The Kier molecular flexibility index (Phi) is 2.40. The molecular weight excluding hydrogens is 222 g/mol. The molecule has 0 saturated carbocycles. The van der Waals surface area contributed by atoms with E-state index < -0.39 is 0 Å². The van der Waals surface area contributed by atoms with Gasteiger partial charge in [-0.1, -0.05) is 11.6 Å². The van der Waals surface area contributed by atoms with Crippen molar-refractivity contribution in [2.75, 3.05) is 0 Å². The summed E-state index contributed by atoms with van der Waals surface area (Å²) in [5, 5.41) is 10.4. The second-order valence-electron chi connectivity index (χ2n) is 4.72. The van der Waals surface area contributed by atoms with E-state index in [4.69, 9.17) is 16.9 Å². The van der Waals surface area contributed by atoms with Gasteiger partial charge < -0.3 is 4.57 Å². The van der Waals surface area contributed by atoms with Gasteiger partial charge in [0.25, 0.3) is 0 Å². The van der Waals surface area contributed by atoms with Gasteiger partial charge in [-0.25, -0.2) is 4.98 Å². The third-order valence-corrected chi connectivity index (χ3v) is 2.66. The summed E-state index contributed by atoms with van der Waals surface area (Å²) in [5.41, 5.74) is 1.31. The van der Waals surface area contributed by atoms with E-state index in [-0.39, 0.29) is 5.54 Å². The molecule has 2 rings (SSSR count). The molecule has 0 amide bonds. The van der Waals surface area contributed by atoms with Gasteiger partial charge in [-0.3, -0.25) is 0 Å². The second kappa shape index (κ2) is 3.50. The minimum Gasteiger partial charge on any atom is -0.326 e. The number of nitrogens with zero attached hydrogens (tertiary/aromatic N) is 3. The van der Waals surface area contributed by atoms with Gasteiger partial charge in [0.1, 0.15) is 11.7 Å². The molecule has 0 unspecified atom stereocenters. The van der Waals surface area contributed by atoms with Crippen LogP contribution in [0.15, 0.2) is 18.5 Å². The Labute approximate surface area is 99.3 Å². The second-order valence-corrected chi connectivity index (χ2v) is 5.16. The minimum absolute atomic E-state index is 0.103. The Morgan fingerprint density at radius 3 is 2.69 bits per heavy atom. The molecule has 0 fully saturated rings. The van der Waals surface area contributed by atoms with Crippen LogP contribution in [0.1, 0.15) is 26.3 Å². The van der Waals surface area contributed by atoms with E-state index in [1.165, 1.54) is 0 Å². The highest BCUT2D eigenvalue weighted by Gasteiger charge is 2.19. The predicted octanol–water partition coefficient (Wildman–Crippen LogP) is 3.32. The van der Waals surface area contributed by atoms with Crippen LogP contribution in [0.2, 0.25) is 5.02 Å². The number of hydrogen-bond acceptors (Lipinski definition) is 2. The smallest absolute Gasteiger partial charge is 0.141 e. The monoisotopic (exact) mass is 233 g/mol. The number of hydrogen-bond donors (Lipinski definition) is 0. The van der Waals surface area contributed by atoms with E-state index in [1.54, 1.807) is 12.3 Å². The number of fused-ring (bicyclic) bond motifs is 1. The van der Waals surface area contributed by atoms with Crippen LogP contribution in [0.4, 0.5) is 0 Å². The Hall–Kier alpha value is -1.53. The van der Waals surface area contributed by atoms with Gasteiger partial charge in [-0.15, -0.1) is 0 Å². The quantitative estimate of drug-likeness (QED) is 0.701. The standard InChI is InChI=1S/C12H12ClN3/c1-12(2,3)16-7-8(5-14)10-4-9(13)6-15-11(10)16/h4,6-7H,1-3H3. The lowest BCUT2D eigenvalue weighted by Gasteiger charge is -2.21. The molecule has 0 aliphatic rings. The average Bonchev–Trinajstić information content (AvgIpc) is 2.55. The maximum Gasteiger partial charge on any atom is 0.141 e. The normalized spacial score (nSPS) is 11.7. The molecule has 0 aliphatic carbocycles. The molecular formula is C12H12ClN3. The highest BCUT2D eigenvalue weighted by molar-refractivity contribution is 6.31. The molecule has 0 radical (unpaired) electrons. The van der Waals surface area contributed by atoms with Gasteiger partial charge in [-0.05, 0) is 26.8 Å². The van der Waals surface area contributed by atoms with E-state index in [1.807, 2.05) is 10.8 Å². The molecule has 0 N–H and O–H groups in total. The summed E-state index contributed by atoms with van der Waals surface area (Å²) in [7, 11) is 0. The molecule has 0 bridgehead atoms. The average molecular weight is 234 g/mol. The van der Waals surface area contributed by atoms with Gasteiger partial charge in [-0.2, -0.15) is 5.26 Å². The molecule has 16 heavy (non-hydrogen) atoms. The predicted molar refractivity (Wildman–Crippen MR) is 64.5 cm³/mol. The maximum atomic E-state index is 9.07. The molecule has 2 heterocycles. The zero-order valence-electron chi connectivity index (χ0n) is 9.45. The van der Waals surface area contributed by atoms with Crippen molar-refractivity contribution in [2.24, 2.45) is 0 Å². The minimum atomic E-state index is -0.103. The van der Waals surface area contributed by atoms with Crippen molar-refractivity contribution >= 4 is 22.6 Å². The van der Waals surface area contributed by atoms with Crippen molar-refractivity contribution in [1.82, 2.24) is 9.55 Å². The first-order chi connectivity index (χ1) is 7.43. The Balaban J connectivity index is 2.85. The summed E-state index contributed by atoms with van der Waals surface area (Å²) in [4.78, 5) is 4.30. The number of pyridine rings is 1. The molecule has 0 aliphatic heterocycles. The molecule has 0 spiro atoms. The molecule has 4 heteroatoms.